The fraction of sp³-hybridized carbons (Fsp3) is 0.100. The van der Waals surface area contributed by atoms with Crippen molar-refractivity contribution >= 4 is 64.4 Å². The van der Waals surface area contributed by atoms with Gasteiger partial charge in [0.2, 0.25) is 0 Å². The lowest BCUT2D eigenvalue weighted by Crippen LogP contribution is -2.20. The molecule has 0 aliphatic heterocycles. The second-order valence-corrected chi connectivity index (χ2v) is 8.13. The molecule has 0 aliphatic rings. The fourth-order valence-electron chi connectivity index (χ4n) is 2.48. The van der Waals surface area contributed by atoms with Crippen LogP contribution in [0.5, 0.6) is 5.75 Å². The Morgan fingerprint density at radius 2 is 2.06 bits per heavy atom. The molecule has 31 heavy (non-hydrogen) atoms. The zero-order valence-electron chi connectivity index (χ0n) is 16.1. The standard InChI is InChI=1S/C20H16Cl3N5O2S/c1-30-13-6-5-11(8-12(13)10-31-14-4-2-3-7-25-14)9-26-28-20(29)18-15(21)17(24)16(22)19(23)27-18/h2-9H,10H2,1H3,(H2,24,27)(H,28,29). The highest BCUT2D eigenvalue weighted by atomic mass is 35.5. The van der Waals surface area contributed by atoms with Gasteiger partial charge in [0.25, 0.3) is 5.91 Å². The van der Waals surface area contributed by atoms with Crippen LogP contribution in [-0.4, -0.2) is 29.2 Å². The van der Waals surface area contributed by atoms with Crippen LogP contribution in [0.3, 0.4) is 0 Å². The molecule has 0 aliphatic carbocycles. The number of methoxy groups -OCH3 is 1. The van der Waals surface area contributed by atoms with E-state index in [0.29, 0.717) is 5.75 Å². The molecule has 0 saturated heterocycles. The van der Waals surface area contributed by atoms with Gasteiger partial charge in [0.1, 0.15) is 10.8 Å². The highest BCUT2D eigenvalue weighted by Crippen LogP contribution is 2.34. The Bertz CT molecular complexity index is 1130. The summed E-state index contributed by atoms with van der Waals surface area (Å²) in [4.78, 5) is 20.5. The number of nitrogen functional groups attached to an aromatic ring is 1. The van der Waals surface area contributed by atoms with Crippen molar-refractivity contribution in [1.82, 2.24) is 15.4 Å². The summed E-state index contributed by atoms with van der Waals surface area (Å²) in [6, 6.07) is 11.3. The summed E-state index contributed by atoms with van der Waals surface area (Å²) >= 11 is 19.3. The summed E-state index contributed by atoms with van der Waals surface area (Å²) in [6.45, 7) is 0. The van der Waals surface area contributed by atoms with Crippen LogP contribution < -0.4 is 15.9 Å². The zero-order chi connectivity index (χ0) is 22.4. The fourth-order valence-corrected chi connectivity index (χ4v) is 3.91. The van der Waals surface area contributed by atoms with E-state index in [2.05, 4.69) is 20.5 Å². The normalized spacial score (nSPS) is 11.0. The maximum absolute atomic E-state index is 12.3. The average Bonchev–Trinajstić information content (AvgIpc) is 2.79. The van der Waals surface area contributed by atoms with E-state index in [-0.39, 0.29) is 26.6 Å². The number of carbonyl (C=O) groups is 1. The first kappa shape index (κ1) is 23.1. The largest absolute Gasteiger partial charge is 0.496 e. The number of hydrogen-bond acceptors (Lipinski definition) is 7. The monoisotopic (exact) mass is 495 g/mol. The number of pyridine rings is 2. The Morgan fingerprint density at radius 1 is 1.26 bits per heavy atom. The Hall–Kier alpha value is -2.52. The number of thioether (sulfide) groups is 1. The molecule has 3 N–H and O–H groups in total. The molecule has 0 saturated carbocycles. The number of ether oxygens (including phenoxy) is 1. The van der Waals surface area contributed by atoms with E-state index >= 15 is 0 Å². The van der Waals surface area contributed by atoms with Crippen LogP contribution in [0.15, 0.2) is 52.7 Å². The SMILES string of the molecule is COc1ccc(C=NNC(=O)c2nc(Cl)c(Cl)c(N)c2Cl)cc1CSc1ccccn1. The molecule has 1 amide bonds. The smallest absolute Gasteiger partial charge is 0.291 e. The Labute approximate surface area is 198 Å². The number of halogens is 3. The molecule has 11 heteroatoms. The van der Waals surface area contributed by atoms with E-state index in [1.807, 2.05) is 36.4 Å². The molecule has 3 aromatic rings. The summed E-state index contributed by atoms with van der Waals surface area (Å²) in [6.07, 6.45) is 3.23. The third kappa shape index (κ3) is 5.80. The van der Waals surface area contributed by atoms with E-state index in [1.54, 1.807) is 25.1 Å². The number of hydrogen-bond donors (Lipinski definition) is 2. The number of nitrogens with zero attached hydrogens (tertiary/aromatic N) is 3. The summed E-state index contributed by atoms with van der Waals surface area (Å²) in [7, 11) is 1.61. The summed E-state index contributed by atoms with van der Waals surface area (Å²) in [5, 5.41) is 4.63. The maximum Gasteiger partial charge on any atom is 0.291 e. The van der Waals surface area contributed by atoms with Crippen molar-refractivity contribution < 1.29 is 9.53 Å². The van der Waals surface area contributed by atoms with Crippen LogP contribution in [0.1, 0.15) is 21.6 Å². The lowest BCUT2D eigenvalue weighted by atomic mass is 10.1. The topological polar surface area (TPSA) is 102 Å². The van der Waals surface area contributed by atoms with E-state index in [1.165, 1.54) is 6.21 Å². The predicted molar refractivity (Wildman–Crippen MR) is 126 cm³/mol. The molecular weight excluding hydrogens is 481 g/mol. The lowest BCUT2D eigenvalue weighted by molar-refractivity contribution is 0.0950. The second kappa shape index (κ2) is 10.7. The highest BCUT2D eigenvalue weighted by Gasteiger charge is 2.19. The van der Waals surface area contributed by atoms with Crippen LogP contribution in [-0.2, 0) is 5.75 Å². The third-order valence-electron chi connectivity index (χ3n) is 3.98. The van der Waals surface area contributed by atoms with Crippen molar-refractivity contribution in [2.24, 2.45) is 5.10 Å². The summed E-state index contributed by atoms with van der Waals surface area (Å²) in [5.41, 5.74) is 9.59. The lowest BCUT2D eigenvalue weighted by Gasteiger charge is -2.09. The molecule has 0 spiro atoms. The van der Waals surface area contributed by atoms with Crippen LogP contribution in [0.4, 0.5) is 5.69 Å². The van der Waals surface area contributed by atoms with Gasteiger partial charge < -0.3 is 10.5 Å². The van der Waals surface area contributed by atoms with Gasteiger partial charge in [-0.3, -0.25) is 4.79 Å². The van der Waals surface area contributed by atoms with E-state index in [9.17, 15) is 4.79 Å². The molecule has 2 aromatic heterocycles. The molecular formula is C20H16Cl3N5O2S. The Kier molecular flexibility index (Phi) is 7.97. The maximum atomic E-state index is 12.3. The molecule has 0 fully saturated rings. The minimum absolute atomic E-state index is 0.0129. The van der Waals surface area contributed by atoms with Gasteiger partial charge in [0.15, 0.2) is 10.8 Å². The van der Waals surface area contributed by atoms with Gasteiger partial charge in [-0.1, -0.05) is 40.9 Å². The highest BCUT2D eigenvalue weighted by molar-refractivity contribution is 7.98. The first-order valence-corrected chi connectivity index (χ1v) is 10.9. The Morgan fingerprint density at radius 3 is 2.77 bits per heavy atom. The minimum atomic E-state index is -0.675. The van der Waals surface area contributed by atoms with E-state index in [4.69, 9.17) is 45.3 Å². The van der Waals surface area contributed by atoms with Gasteiger partial charge in [-0.2, -0.15) is 5.10 Å². The summed E-state index contributed by atoms with van der Waals surface area (Å²) in [5.74, 6) is 0.717. The van der Waals surface area contributed by atoms with Gasteiger partial charge in [-0.15, -0.1) is 11.8 Å². The number of nitrogens with two attached hydrogens (primary N) is 1. The van der Waals surface area contributed by atoms with Crippen molar-refractivity contribution in [3.05, 3.63) is 74.6 Å². The number of nitrogens with one attached hydrogen (secondary N) is 1. The van der Waals surface area contributed by atoms with Gasteiger partial charge in [0, 0.05) is 17.5 Å². The van der Waals surface area contributed by atoms with Crippen LogP contribution >= 0.6 is 46.6 Å². The first-order chi connectivity index (χ1) is 14.9. The van der Waals surface area contributed by atoms with Gasteiger partial charge >= 0.3 is 0 Å². The Balaban J connectivity index is 1.71. The molecule has 0 bridgehead atoms. The first-order valence-electron chi connectivity index (χ1n) is 8.74. The van der Waals surface area contributed by atoms with E-state index < -0.39 is 5.91 Å². The summed E-state index contributed by atoms with van der Waals surface area (Å²) < 4.78 is 5.43. The molecule has 160 valence electrons. The number of carbonyl (C=O) groups excluding carboxylic acids is 1. The number of benzene rings is 1. The third-order valence-corrected chi connectivity index (χ3v) is 6.11. The average molecular weight is 497 g/mol. The van der Waals surface area contributed by atoms with Crippen molar-refractivity contribution in [1.29, 1.82) is 0 Å². The molecule has 3 rings (SSSR count). The molecule has 0 radical (unpaired) electrons. The zero-order valence-corrected chi connectivity index (χ0v) is 19.2. The minimum Gasteiger partial charge on any atom is -0.496 e. The van der Waals surface area contributed by atoms with Crippen molar-refractivity contribution in [2.45, 2.75) is 10.8 Å². The van der Waals surface area contributed by atoms with Crippen LogP contribution in [0, 0.1) is 0 Å². The second-order valence-electron chi connectivity index (χ2n) is 6.02. The quantitative estimate of drug-likeness (QED) is 0.205. The molecule has 1 aromatic carbocycles. The van der Waals surface area contributed by atoms with Crippen LogP contribution in [0.25, 0.3) is 0 Å². The predicted octanol–water partition coefficient (Wildman–Crippen LogP) is 5.08. The number of anilines is 1. The van der Waals surface area contributed by atoms with Crippen molar-refractivity contribution in [2.75, 3.05) is 12.8 Å². The van der Waals surface area contributed by atoms with Gasteiger partial charge in [0.05, 0.1) is 29.1 Å². The molecule has 2 heterocycles. The van der Waals surface area contributed by atoms with Crippen molar-refractivity contribution in [3.8, 4) is 5.75 Å². The number of aromatic nitrogens is 2. The van der Waals surface area contributed by atoms with Crippen LogP contribution in [0.2, 0.25) is 15.2 Å². The van der Waals surface area contributed by atoms with Gasteiger partial charge in [-0.05, 0) is 35.9 Å². The molecule has 7 nitrogen and oxygen atoms in total. The number of amides is 1. The van der Waals surface area contributed by atoms with E-state index in [0.717, 1.165) is 21.9 Å². The molecule has 0 unspecified atom stereocenters. The molecule has 0 atom stereocenters. The van der Waals surface area contributed by atoms with Crippen molar-refractivity contribution in [3.63, 3.8) is 0 Å². The van der Waals surface area contributed by atoms with Gasteiger partial charge in [-0.25, -0.2) is 15.4 Å². The number of hydrazone groups is 1. The number of rotatable bonds is 7.